The number of nitrogens with one attached hydrogen (secondary N) is 1. The first-order chi connectivity index (χ1) is 12.2. The van der Waals surface area contributed by atoms with Gasteiger partial charge in [-0.3, -0.25) is 0 Å². The van der Waals surface area contributed by atoms with E-state index in [9.17, 15) is 0 Å². The smallest absolute Gasteiger partial charge is 0.124 e. The van der Waals surface area contributed by atoms with Crippen LogP contribution in [0.3, 0.4) is 0 Å². The van der Waals surface area contributed by atoms with Gasteiger partial charge in [-0.05, 0) is 38.5 Å². The lowest BCUT2D eigenvalue weighted by atomic mass is 10.2. The number of unbranched alkanes of at least 4 members (excludes halogenated alkanes) is 3. The predicted octanol–water partition coefficient (Wildman–Crippen LogP) is 6.05. The zero-order chi connectivity index (χ0) is 17.9. The number of ether oxygens (including phenoxy) is 2. The highest BCUT2D eigenvalue weighted by Crippen LogP contribution is 2.22. The summed E-state index contributed by atoms with van der Waals surface area (Å²) in [5, 5.41) is 3.47. The lowest BCUT2D eigenvalue weighted by molar-refractivity contribution is 0.242. The Morgan fingerprint density at radius 2 is 1.80 bits per heavy atom. The minimum Gasteiger partial charge on any atom is -0.493 e. The van der Waals surface area contributed by atoms with Gasteiger partial charge in [0.05, 0.1) is 12.7 Å². The van der Waals surface area contributed by atoms with Crippen LogP contribution in [0.5, 0.6) is 11.5 Å². The average molecular weight is 341 g/mol. The maximum atomic E-state index is 5.98. The van der Waals surface area contributed by atoms with E-state index in [0.29, 0.717) is 0 Å². The van der Waals surface area contributed by atoms with Crippen LogP contribution in [0.15, 0.2) is 48.5 Å². The molecule has 0 aromatic heterocycles. The van der Waals surface area contributed by atoms with E-state index in [-0.39, 0.29) is 6.10 Å². The number of para-hydroxylation sites is 1. The fourth-order valence-electron chi connectivity index (χ4n) is 2.65. The molecule has 0 saturated carbocycles. The monoisotopic (exact) mass is 341 g/mol. The van der Waals surface area contributed by atoms with Crippen LogP contribution in [0, 0.1) is 0 Å². The van der Waals surface area contributed by atoms with Crippen molar-refractivity contribution in [3.8, 4) is 11.5 Å². The molecule has 2 aromatic rings. The van der Waals surface area contributed by atoms with Crippen molar-refractivity contribution in [3.63, 3.8) is 0 Å². The highest BCUT2D eigenvalue weighted by atomic mass is 16.5. The Balaban J connectivity index is 1.90. The standard InChI is InChI=1S/C22H31NO2/c1-4-5-6-9-15-24-22-14-8-7-11-19(22)17-23-20-12-10-13-21(16-20)25-18(2)3/h7-8,10-14,16,18,23H,4-6,9,15,17H2,1-3H3. The van der Waals surface area contributed by atoms with Gasteiger partial charge in [0.15, 0.2) is 0 Å². The van der Waals surface area contributed by atoms with Crippen LogP contribution in [-0.4, -0.2) is 12.7 Å². The van der Waals surface area contributed by atoms with E-state index in [1.54, 1.807) is 0 Å². The van der Waals surface area contributed by atoms with E-state index in [4.69, 9.17) is 9.47 Å². The number of benzene rings is 2. The molecule has 0 radical (unpaired) electrons. The molecule has 0 aliphatic carbocycles. The molecular weight excluding hydrogens is 310 g/mol. The molecule has 2 aromatic carbocycles. The first-order valence-corrected chi connectivity index (χ1v) is 9.40. The summed E-state index contributed by atoms with van der Waals surface area (Å²) in [6.45, 7) is 7.82. The normalized spacial score (nSPS) is 10.7. The zero-order valence-corrected chi connectivity index (χ0v) is 15.8. The largest absolute Gasteiger partial charge is 0.493 e. The summed E-state index contributed by atoms with van der Waals surface area (Å²) >= 11 is 0. The molecule has 0 unspecified atom stereocenters. The lowest BCUT2D eigenvalue weighted by Crippen LogP contribution is -2.07. The van der Waals surface area contributed by atoms with Gasteiger partial charge in [-0.2, -0.15) is 0 Å². The van der Waals surface area contributed by atoms with E-state index in [0.717, 1.165) is 36.8 Å². The lowest BCUT2D eigenvalue weighted by Gasteiger charge is -2.14. The summed E-state index contributed by atoms with van der Waals surface area (Å²) in [5.41, 5.74) is 2.23. The molecule has 0 bridgehead atoms. The minimum atomic E-state index is 0.178. The summed E-state index contributed by atoms with van der Waals surface area (Å²) in [6, 6.07) is 16.3. The molecule has 0 aliphatic heterocycles. The van der Waals surface area contributed by atoms with Crippen LogP contribution in [-0.2, 0) is 6.54 Å². The topological polar surface area (TPSA) is 30.5 Å². The quantitative estimate of drug-likeness (QED) is 0.505. The Morgan fingerprint density at radius 3 is 2.60 bits per heavy atom. The molecular formula is C22H31NO2. The summed E-state index contributed by atoms with van der Waals surface area (Å²) in [5.74, 6) is 1.86. The summed E-state index contributed by atoms with van der Waals surface area (Å²) in [6.07, 6.45) is 5.06. The molecule has 1 N–H and O–H groups in total. The van der Waals surface area contributed by atoms with E-state index in [2.05, 4.69) is 36.5 Å². The predicted molar refractivity (Wildman–Crippen MR) is 106 cm³/mol. The second-order valence-corrected chi connectivity index (χ2v) is 6.56. The third kappa shape index (κ3) is 7.08. The van der Waals surface area contributed by atoms with E-state index in [1.165, 1.54) is 24.8 Å². The molecule has 3 nitrogen and oxygen atoms in total. The molecule has 0 fully saturated rings. The van der Waals surface area contributed by atoms with Crippen LogP contribution in [0.2, 0.25) is 0 Å². The van der Waals surface area contributed by atoms with Crippen molar-refractivity contribution in [1.82, 2.24) is 0 Å². The second kappa shape index (κ2) is 10.7. The van der Waals surface area contributed by atoms with Gasteiger partial charge in [0.2, 0.25) is 0 Å². The Hall–Kier alpha value is -2.16. The molecule has 3 heteroatoms. The summed E-state index contributed by atoms with van der Waals surface area (Å²) in [7, 11) is 0. The molecule has 0 heterocycles. The van der Waals surface area contributed by atoms with Gasteiger partial charge in [0.1, 0.15) is 11.5 Å². The second-order valence-electron chi connectivity index (χ2n) is 6.56. The van der Waals surface area contributed by atoms with Gasteiger partial charge in [0.25, 0.3) is 0 Å². The molecule has 0 amide bonds. The van der Waals surface area contributed by atoms with Crippen molar-refractivity contribution < 1.29 is 9.47 Å². The number of hydrogen-bond acceptors (Lipinski definition) is 3. The molecule has 25 heavy (non-hydrogen) atoms. The number of rotatable bonds is 11. The van der Waals surface area contributed by atoms with E-state index in [1.807, 2.05) is 38.1 Å². The third-order valence-electron chi connectivity index (χ3n) is 3.92. The van der Waals surface area contributed by atoms with Gasteiger partial charge in [0, 0.05) is 23.9 Å². The SMILES string of the molecule is CCCCCCOc1ccccc1CNc1cccc(OC(C)C)c1. The first-order valence-electron chi connectivity index (χ1n) is 9.40. The highest BCUT2D eigenvalue weighted by Gasteiger charge is 2.04. The van der Waals surface area contributed by atoms with E-state index >= 15 is 0 Å². The maximum absolute atomic E-state index is 5.98. The van der Waals surface area contributed by atoms with E-state index < -0.39 is 0 Å². The number of hydrogen-bond donors (Lipinski definition) is 1. The zero-order valence-electron chi connectivity index (χ0n) is 15.8. The Bertz CT molecular complexity index is 625. The van der Waals surface area contributed by atoms with Crippen LogP contribution in [0.4, 0.5) is 5.69 Å². The minimum absolute atomic E-state index is 0.178. The van der Waals surface area contributed by atoms with Crippen LogP contribution >= 0.6 is 0 Å². The Kier molecular flexibility index (Phi) is 8.17. The molecule has 0 atom stereocenters. The fraction of sp³-hybridized carbons (Fsp3) is 0.455. The van der Waals surface area contributed by atoms with Gasteiger partial charge in [-0.25, -0.2) is 0 Å². The summed E-state index contributed by atoms with van der Waals surface area (Å²) < 4.78 is 11.7. The van der Waals surface area contributed by atoms with Crippen LogP contribution in [0.25, 0.3) is 0 Å². The fourth-order valence-corrected chi connectivity index (χ4v) is 2.65. The molecule has 2 rings (SSSR count). The molecule has 0 saturated heterocycles. The van der Waals surface area contributed by atoms with Gasteiger partial charge in [-0.15, -0.1) is 0 Å². The Morgan fingerprint density at radius 1 is 0.960 bits per heavy atom. The van der Waals surface area contributed by atoms with Crippen molar-refractivity contribution in [2.45, 2.75) is 59.1 Å². The van der Waals surface area contributed by atoms with Gasteiger partial charge < -0.3 is 14.8 Å². The van der Waals surface area contributed by atoms with Gasteiger partial charge in [-0.1, -0.05) is 50.5 Å². The number of anilines is 1. The molecule has 136 valence electrons. The van der Waals surface area contributed by atoms with Crippen molar-refractivity contribution in [1.29, 1.82) is 0 Å². The van der Waals surface area contributed by atoms with Crippen LogP contribution < -0.4 is 14.8 Å². The van der Waals surface area contributed by atoms with Crippen molar-refractivity contribution in [2.24, 2.45) is 0 Å². The van der Waals surface area contributed by atoms with Crippen molar-refractivity contribution >= 4 is 5.69 Å². The highest BCUT2D eigenvalue weighted by molar-refractivity contribution is 5.49. The Labute approximate surface area is 152 Å². The van der Waals surface area contributed by atoms with Crippen molar-refractivity contribution in [3.05, 3.63) is 54.1 Å². The van der Waals surface area contributed by atoms with Crippen molar-refractivity contribution in [2.75, 3.05) is 11.9 Å². The maximum Gasteiger partial charge on any atom is 0.124 e. The third-order valence-corrected chi connectivity index (χ3v) is 3.92. The molecule has 0 spiro atoms. The first kappa shape index (κ1) is 19.2. The van der Waals surface area contributed by atoms with Gasteiger partial charge >= 0.3 is 0 Å². The molecule has 0 aliphatic rings. The average Bonchev–Trinajstić information content (AvgIpc) is 2.60. The van der Waals surface area contributed by atoms with Crippen LogP contribution in [0.1, 0.15) is 52.0 Å². The summed E-state index contributed by atoms with van der Waals surface area (Å²) in [4.78, 5) is 0.